The van der Waals surface area contributed by atoms with Gasteiger partial charge in [-0.2, -0.15) is 0 Å². The molecule has 1 aromatic carbocycles. The molecule has 3 heteroatoms. The average Bonchev–Trinajstić information content (AvgIpc) is 2.44. The molecule has 2 N–H and O–H groups in total. The smallest absolute Gasteiger partial charge is 0.251 e. The first-order valence-electron chi connectivity index (χ1n) is 7.48. The molecular formula is C18H25NO2. The molecule has 0 aliphatic rings. The summed E-state index contributed by atoms with van der Waals surface area (Å²) in [6.45, 7) is 8.14. The Labute approximate surface area is 127 Å². The third-order valence-electron chi connectivity index (χ3n) is 3.48. The van der Waals surface area contributed by atoms with Crippen LogP contribution < -0.4 is 5.32 Å². The van der Waals surface area contributed by atoms with Crippen LogP contribution in [-0.2, 0) is 0 Å². The molecule has 0 radical (unpaired) electrons. The molecule has 1 aromatic rings. The second-order valence-electron chi connectivity index (χ2n) is 5.67. The van der Waals surface area contributed by atoms with Crippen LogP contribution in [0.25, 0.3) is 0 Å². The van der Waals surface area contributed by atoms with Gasteiger partial charge in [-0.15, -0.1) is 0 Å². The van der Waals surface area contributed by atoms with E-state index in [1.165, 1.54) is 0 Å². The van der Waals surface area contributed by atoms with Gasteiger partial charge >= 0.3 is 0 Å². The van der Waals surface area contributed by atoms with Gasteiger partial charge in [-0.05, 0) is 49.9 Å². The molecule has 0 aliphatic carbocycles. The number of carbonyl (C=O) groups excluding carboxylic acids is 1. The summed E-state index contributed by atoms with van der Waals surface area (Å²) < 4.78 is 0. The second-order valence-corrected chi connectivity index (χ2v) is 5.67. The first kappa shape index (κ1) is 17.3. The van der Waals surface area contributed by atoms with Crippen molar-refractivity contribution in [3.8, 4) is 11.8 Å². The lowest BCUT2D eigenvalue weighted by molar-refractivity contribution is 0.0935. The topological polar surface area (TPSA) is 49.3 Å². The number of rotatable bonds is 5. The SMILES string of the molecule is CCC(C)CC(C)NC(=O)c1cc(C)cc(C#CCO)c1. The maximum absolute atomic E-state index is 12.3. The minimum absolute atomic E-state index is 0.0680. The highest BCUT2D eigenvalue weighted by Gasteiger charge is 2.12. The van der Waals surface area contributed by atoms with Gasteiger partial charge in [0.15, 0.2) is 0 Å². The van der Waals surface area contributed by atoms with Crippen molar-refractivity contribution in [1.82, 2.24) is 5.32 Å². The summed E-state index contributed by atoms with van der Waals surface area (Å²) in [6, 6.07) is 5.68. The van der Waals surface area contributed by atoms with Crippen molar-refractivity contribution in [2.45, 2.75) is 46.6 Å². The van der Waals surface area contributed by atoms with E-state index in [2.05, 4.69) is 31.0 Å². The summed E-state index contributed by atoms with van der Waals surface area (Å²) in [4.78, 5) is 12.3. The zero-order chi connectivity index (χ0) is 15.8. The van der Waals surface area contributed by atoms with Crippen LogP contribution in [0.15, 0.2) is 18.2 Å². The Balaban J connectivity index is 2.80. The molecule has 2 unspecified atom stereocenters. The summed E-state index contributed by atoms with van der Waals surface area (Å²) in [5.41, 5.74) is 2.36. The number of hydrogen-bond acceptors (Lipinski definition) is 2. The molecule has 114 valence electrons. The van der Waals surface area contributed by atoms with Gasteiger partial charge in [-0.1, -0.05) is 32.1 Å². The molecule has 1 amide bonds. The minimum atomic E-state index is -0.179. The first-order valence-corrected chi connectivity index (χ1v) is 7.48. The Kier molecular flexibility index (Phi) is 6.98. The largest absolute Gasteiger partial charge is 0.384 e. The van der Waals surface area contributed by atoms with Crippen LogP contribution in [0.3, 0.4) is 0 Å². The van der Waals surface area contributed by atoms with E-state index in [1.807, 2.05) is 26.0 Å². The number of amides is 1. The number of aryl methyl sites for hydroxylation is 1. The summed E-state index contributed by atoms with van der Waals surface area (Å²) >= 11 is 0. The lowest BCUT2D eigenvalue weighted by Crippen LogP contribution is -2.33. The monoisotopic (exact) mass is 287 g/mol. The van der Waals surface area contributed by atoms with Crippen molar-refractivity contribution >= 4 is 5.91 Å². The molecule has 0 heterocycles. The zero-order valence-corrected chi connectivity index (χ0v) is 13.4. The van der Waals surface area contributed by atoms with Crippen LogP contribution in [-0.4, -0.2) is 23.7 Å². The normalized spacial score (nSPS) is 13.0. The van der Waals surface area contributed by atoms with E-state index in [9.17, 15) is 4.79 Å². The highest BCUT2D eigenvalue weighted by atomic mass is 16.2. The Bertz CT molecular complexity index is 540. The lowest BCUT2D eigenvalue weighted by atomic mass is 10.00. The van der Waals surface area contributed by atoms with Gasteiger partial charge in [0, 0.05) is 17.2 Å². The molecule has 0 saturated heterocycles. The van der Waals surface area contributed by atoms with Gasteiger partial charge in [0.2, 0.25) is 0 Å². The van der Waals surface area contributed by atoms with Crippen molar-refractivity contribution in [3.05, 3.63) is 34.9 Å². The zero-order valence-electron chi connectivity index (χ0n) is 13.4. The molecule has 0 bridgehead atoms. The predicted octanol–water partition coefficient (Wildman–Crippen LogP) is 2.89. The molecule has 3 nitrogen and oxygen atoms in total. The molecule has 0 saturated carbocycles. The van der Waals surface area contributed by atoms with Crippen molar-refractivity contribution in [2.24, 2.45) is 5.92 Å². The van der Waals surface area contributed by atoms with E-state index < -0.39 is 0 Å². The van der Waals surface area contributed by atoms with E-state index in [1.54, 1.807) is 6.07 Å². The van der Waals surface area contributed by atoms with Crippen LogP contribution in [0.1, 0.15) is 55.1 Å². The van der Waals surface area contributed by atoms with Gasteiger partial charge in [0.25, 0.3) is 5.91 Å². The van der Waals surface area contributed by atoms with E-state index in [4.69, 9.17) is 5.11 Å². The maximum atomic E-state index is 12.3. The third kappa shape index (κ3) is 6.01. The minimum Gasteiger partial charge on any atom is -0.384 e. The second kappa shape index (κ2) is 8.49. The molecule has 0 aromatic heterocycles. The van der Waals surface area contributed by atoms with Crippen molar-refractivity contribution in [1.29, 1.82) is 0 Å². The summed E-state index contributed by atoms with van der Waals surface area (Å²) in [7, 11) is 0. The molecule has 1 rings (SSSR count). The standard InChI is InChI=1S/C18H25NO2/c1-5-13(2)9-15(4)19-18(21)17-11-14(3)10-16(12-17)7-6-8-20/h10-13,15,20H,5,8-9H2,1-4H3,(H,19,21). The van der Waals surface area contributed by atoms with Crippen molar-refractivity contribution < 1.29 is 9.90 Å². The van der Waals surface area contributed by atoms with E-state index in [0.717, 1.165) is 24.0 Å². The molecule has 21 heavy (non-hydrogen) atoms. The van der Waals surface area contributed by atoms with Gasteiger partial charge in [0.05, 0.1) is 0 Å². The molecular weight excluding hydrogens is 262 g/mol. The molecule has 0 aliphatic heterocycles. The van der Waals surface area contributed by atoms with Gasteiger partial charge < -0.3 is 10.4 Å². The van der Waals surface area contributed by atoms with Crippen molar-refractivity contribution in [2.75, 3.05) is 6.61 Å². The van der Waals surface area contributed by atoms with Crippen LogP contribution >= 0.6 is 0 Å². The van der Waals surface area contributed by atoms with E-state index >= 15 is 0 Å². The van der Waals surface area contributed by atoms with Crippen LogP contribution in [0.2, 0.25) is 0 Å². The van der Waals surface area contributed by atoms with Gasteiger partial charge in [-0.25, -0.2) is 0 Å². The van der Waals surface area contributed by atoms with E-state index in [0.29, 0.717) is 11.5 Å². The number of nitrogens with one attached hydrogen (secondary N) is 1. The summed E-state index contributed by atoms with van der Waals surface area (Å²) in [5.74, 6) is 5.98. The number of aliphatic hydroxyl groups excluding tert-OH is 1. The van der Waals surface area contributed by atoms with Crippen LogP contribution in [0.5, 0.6) is 0 Å². The predicted molar refractivity (Wildman–Crippen MR) is 86.1 cm³/mol. The Morgan fingerprint density at radius 2 is 2.05 bits per heavy atom. The molecule has 0 fully saturated rings. The Morgan fingerprint density at radius 3 is 2.67 bits per heavy atom. The average molecular weight is 287 g/mol. The number of carbonyl (C=O) groups is 1. The summed E-state index contributed by atoms with van der Waals surface area (Å²) in [5, 5.41) is 11.8. The highest BCUT2D eigenvalue weighted by molar-refractivity contribution is 5.95. The number of aliphatic hydroxyl groups is 1. The maximum Gasteiger partial charge on any atom is 0.251 e. The first-order chi connectivity index (χ1) is 9.96. The van der Waals surface area contributed by atoms with Gasteiger partial charge in [-0.3, -0.25) is 4.79 Å². The van der Waals surface area contributed by atoms with Crippen LogP contribution in [0.4, 0.5) is 0 Å². The quantitative estimate of drug-likeness (QED) is 0.818. The highest BCUT2D eigenvalue weighted by Crippen LogP contribution is 2.12. The third-order valence-corrected chi connectivity index (χ3v) is 3.48. The lowest BCUT2D eigenvalue weighted by Gasteiger charge is -2.17. The van der Waals surface area contributed by atoms with Gasteiger partial charge in [0.1, 0.15) is 6.61 Å². The fraction of sp³-hybridized carbons (Fsp3) is 0.500. The molecule has 0 spiro atoms. The fourth-order valence-electron chi connectivity index (χ4n) is 2.26. The molecule has 2 atom stereocenters. The number of benzene rings is 1. The van der Waals surface area contributed by atoms with Crippen LogP contribution in [0, 0.1) is 24.7 Å². The summed E-state index contributed by atoms with van der Waals surface area (Å²) in [6.07, 6.45) is 2.09. The Hall–Kier alpha value is -1.79. The van der Waals surface area contributed by atoms with E-state index in [-0.39, 0.29) is 18.6 Å². The Morgan fingerprint density at radius 1 is 1.33 bits per heavy atom. The van der Waals surface area contributed by atoms with Crippen molar-refractivity contribution in [3.63, 3.8) is 0 Å². The fourth-order valence-corrected chi connectivity index (χ4v) is 2.26. The number of hydrogen-bond donors (Lipinski definition) is 2.